The van der Waals surface area contributed by atoms with Gasteiger partial charge in [0, 0.05) is 27.9 Å². The van der Waals surface area contributed by atoms with E-state index in [1.165, 1.54) is 100 Å². The maximum Gasteiger partial charge on any atom is 0.0465 e. The zero-order valence-corrected chi connectivity index (χ0v) is 31.3. The summed E-state index contributed by atoms with van der Waals surface area (Å²) in [5.41, 5.74) is 19.2. The third kappa shape index (κ3) is 3.83. The van der Waals surface area contributed by atoms with E-state index < -0.39 is 0 Å². The Balaban J connectivity index is 1.14. The normalized spacial score (nSPS) is 28.7. The number of fused-ring (bicyclic) bond motifs is 7. The summed E-state index contributed by atoms with van der Waals surface area (Å²) in [6.07, 6.45) is 8.14. The van der Waals surface area contributed by atoms with E-state index in [1.807, 2.05) is 0 Å². The van der Waals surface area contributed by atoms with Crippen molar-refractivity contribution in [2.24, 2.45) is 23.7 Å². The maximum absolute atomic E-state index is 2.67. The van der Waals surface area contributed by atoms with E-state index in [-0.39, 0.29) is 21.7 Å². The van der Waals surface area contributed by atoms with E-state index in [4.69, 9.17) is 0 Å². The lowest BCUT2D eigenvalue weighted by Gasteiger charge is -2.44. The average Bonchev–Trinajstić information content (AvgIpc) is 3.74. The third-order valence-electron chi connectivity index (χ3n) is 15.5. The van der Waals surface area contributed by atoms with Crippen LogP contribution in [0.3, 0.4) is 0 Å². The standard InChI is InChI=1S/C50H51N/c1-47(2)21-22-48(3,4)46-29-35(17-20-42(46)47)51(33-15-18-38-36-11-7-9-13-40(36)49(5,6)44(38)27-33)34-16-19-39-37-12-8-10-14-41(37)50(45(39)28-34)32-24-30-23-31(26-32)43(50)25-30/h7-20,27-32,43H,21-26H2,1-6H3. The molecule has 5 unspecified atom stereocenters. The smallest absolute Gasteiger partial charge is 0.0465 e. The van der Waals surface area contributed by atoms with Gasteiger partial charge in [-0.25, -0.2) is 0 Å². The second-order valence-electron chi connectivity index (χ2n) is 19.3. The molecule has 0 heterocycles. The van der Waals surface area contributed by atoms with Gasteiger partial charge in [0.2, 0.25) is 0 Å². The molecule has 5 aromatic rings. The summed E-state index contributed by atoms with van der Waals surface area (Å²) in [5, 5.41) is 0. The Kier molecular flexibility index (Phi) is 5.90. The highest BCUT2D eigenvalue weighted by molar-refractivity contribution is 5.89. The van der Waals surface area contributed by atoms with Crippen LogP contribution in [0.5, 0.6) is 0 Å². The summed E-state index contributed by atoms with van der Waals surface area (Å²) in [6.45, 7) is 14.6. The Labute approximate surface area is 305 Å². The van der Waals surface area contributed by atoms with Crippen LogP contribution in [0.25, 0.3) is 22.3 Å². The number of hydrogen-bond donors (Lipinski definition) is 0. The summed E-state index contributed by atoms with van der Waals surface area (Å²) in [7, 11) is 0. The van der Waals surface area contributed by atoms with Gasteiger partial charge in [0.15, 0.2) is 0 Å². The number of benzene rings is 5. The Hall–Kier alpha value is -4.10. The zero-order chi connectivity index (χ0) is 34.7. The van der Waals surface area contributed by atoms with Crippen molar-refractivity contribution < 1.29 is 0 Å². The van der Waals surface area contributed by atoms with Crippen molar-refractivity contribution >= 4 is 17.1 Å². The van der Waals surface area contributed by atoms with Gasteiger partial charge in [-0.15, -0.1) is 0 Å². The van der Waals surface area contributed by atoms with Crippen LogP contribution in [0.4, 0.5) is 17.1 Å². The maximum atomic E-state index is 2.67. The van der Waals surface area contributed by atoms with Crippen LogP contribution in [-0.2, 0) is 21.7 Å². The highest BCUT2D eigenvalue weighted by Gasteiger charge is 2.66. The number of nitrogens with zero attached hydrogens (tertiary/aromatic N) is 1. The quantitative estimate of drug-likeness (QED) is 0.185. The fraction of sp³-hybridized carbons (Fsp3) is 0.400. The van der Waals surface area contributed by atoms with Gasteiger partial charge in [-0.3, -0.25) is 0 Å². The molecule has 51 heavy (non-hydrogen) atoms. The van der Waals surface area contributed by atoms with E-state index in [0.29, 0.717) is 0 Å². The molecule has 4 fully saturated rings. The van der Waals surface area contributed by atoms with Gasteiger partial charge >= 0.3 is 0 Å². The molecule has 0 radical (unpaired) electrons. The summed E-state index contributed by atoms with van der Waals surface area (Å²) in [4.78, 5) is 2.62. The minimum absolute atomic E-state index is 0.0544. The molecule has 4 bridgehead atoms. The first kappa shape index (κ1) is 30.5. The van der Waals surface area contributed by atoms with Crippen molar-refractivity contribution in [3.8, 4) is 22.3 Å². The van der Waals surface area contributed by atoms with Crippen LogP contribution in [0.15, 0.2) is 103 Å². The molecule has 5 aromatic carbocycles. The van der Waals surface area contributed by atoms with Crippen molar-refractivity contribution in [2.75, 3.05) is 4.90 Å². The predicted octanol–water partition coefficient (Wildman–Crippen LogP) is 13.1. The molecule has 7 aliphatic carbocycles. The van der Waals surface area contributed by atoms with Gasteiger partial charge in [-0.2, -0.15) is 0 Å². The van der Waals surface area contributed by atoms with E-state index in [0.717, 1.165) is 23.7 Å². The van der Waals surface area contributed by atoms with Crippen molar-refractivity contribution in [1.82, 2.24) is 0 Å². The molecule has 4 saturated carbocycles. The monoisotopic (exact) mass is 665 g/mol. The Morgan fingerprint density at radius 2 is 1.02 bits per heavy atom. The fourth-order valence-electron chi connectivity index (χ4n) is 13.1. The Morgan fingerprint density at radius 1 is 0.471 bits per heavy atom. The van der Waals surface area contributed by atoms with Crippen LogP contribution in [-0.4, -0.2) is 0 Å². The van der Waals surface area contributed by atoms with Gasteiger partial charge in [0.25, 0.3) is 0 Å². The molecule has 0 aliphatic heterocycles. The van der Waals surface area contributed by atoms with Gasteiger partial charge < -0.3 is 4.90 Å². The lowest BCUT2D eigenvalue weighted by Crippen LogP contribution is -2.40. The third-order valence-corrected chi connectivity index (χ3v) is 15.5. The number of rotatable bonds is 3. The van der Waals surface area contributed by atoms with Crippen LogP contribution in [0.1, 0.15) is 113 Å². The molecule has 1 spiro atoms. The minimum atomic E-state index is -0.0544. The predicted molar refractivity (Wildman–Crippen MR) is 213 cm³/mol. The van der Waals surface area contributed by atoms with Crippen molar-refractivity contribution in [1.29, 1.82) is 0 Å². The van der Waals surface area contributed by atoms with Crippen LogP contribution < -0.4 is 4.90 Å². The van der Waals surface area contributed by atoms with Crippen molar-refractivity contribution in [3.63, 3.8) is 0 Å². The topological polar surface area (TPSA) is 3.24 Å². The molecule has 0 saturated heterocycles. The summed E-state index contributed by atoms with van der Waals surface area (Å²) < 4.78 is 0. The first-order valence-corrected chi connectivity index (χ1v) is 19.9. The summed E-state index contributed by atoms with van der Waals surface area (Å²) in [5.74, 6) is 3.37. The molecular formula is C50H51N. The second kappa shape index (κ2) is 9.86. The van der Waals surface area contributed by atoms with Gasteiger partial charge in [-0.05, 0) is 165 Å². The molecule has 7 aliphatic rings. The summed E-state index contributed by atoms with van der Waals surface area (Å²) >= 11 is 0. The largest absolute Gasteiger partial charge is 0.310 e. The van der Waals surface area contributed by atoms with E-state index in [9.17, 15) is 0 Å². The molecule has 1 nitrogen and oxygen atoms in total. The molecule has 0 amide bonds. The first-order chi connectivity index (χ1) is 24.5. The zero-order valence-electron chi connectivity index (χ0n) is 31.3. The van der Waals surface area contributed by atoms with E-state index in [1.54, 1.807) is 11.1 Å². The van der Waals surface area contributed by atoms with Gasteiger partial charge in [-0.1, -0.05) is 108 Å². The van der Waals surface area contributed by atoms with Crippen molar-refractivity contribution in [3.05, 3.63) is 137 Å². The molecule has 1 heteroatoms. The van der Waals surface area contributed by atoms with E-state index >= 15 is 0 Å². The minimum Gasteiger partial charge on any atom is -0.310 e. The van der Waals surface area contributed by atoms with E-state index in [2.05, 4.69) is 150 Å². The summed E-state index contributed by atoms with van der Waals surface area (Å²) in [6, 6.07) is 41.0. The van der Waals surface area contributed by atoms with Gasteiger partial charge in [0.1, 0.15) is 0 Å². The molecule has 256 valence electrons. The molecular weight excluding hydrogens is 615 g/mol. The number of anilines is 3. The molecule has 12 rings (SSSR count). The highest BCUT2D eigenvalue weighted by atomic mass is 15.1. The molecule has 5 atom stereocenters. The second-order valence-corrected chi connectivity index (χ2v) is 19.3. The van der Waals surface area contributed by atoms with Crippen LogP contribution in [0, 0.1) is 23.7 Å². The number of hydrogen-bond acceptors (Lipinski definition) is 1. The lowest BCUT2D eigenvalue weighted by molar-refractivity contribution is 0.191. The van der Waals surface area contributed by atoms with Crippen LogP contribution in [0.2, 0.25) is 0 Å². The van der Waals surface area contributed by atoms with Gasteiger partial charge in [0.05, 0.1) is 0 Å². The Bertz CT molecular complexity index is 2300. The SMILES string of the molecule is CC1(C)CCC(C)(C)c2cc(N(c3ccc4c(c3)C(C)(C)c3ccccc3-4)c3ccc4c(c3)C3(c5ccccc5-4)C4CC5CC(C4)C3C5)ccc21. The Morgan fingerprint density at radius 3 is 1.73 bits per heavy atom. The fourth-order valence-corrected chi connectivity index (χ4v) is 13.1. The average molecular weight is 666 g/mol. The molecule has 0 N–H and O–H groups in total. The van der Waals surface area contributed by atoms with Crippen molar-refractivity contribution in [2.45, 2.75) is 102 Å². The molecule has 0 aromatic heterocycles. The first-order valence-electron chi connectivity index (χ1n) is 19.9. The van der Waals surface area contributed by atoms with Crippen LogP contribution >= 0.6 is 0 Å². The lowest BCUT2D eigenvalue weighted by atomic mass is 9.59. The highest BCUT2D eigenvalue weighted by Crippen LogP contribution is 2.73.